The minimum atomic E-state index is -1.57. The van der Waals surface area contributed by atoms with Gasteiger partial charge in [0.05, 0.1) is 18.1 Å². The Morgan fingerprint density at radius 2 is 1.89 bits per heavy atom. The summed E-state index contributed by atoms with van der Waals surface area (Å²) in [6.07, 6.45) is 7.65. The van der Waals surface area contributed by atoms with Crippen LogP contribution in [0.2, 0.25) is 5.02 Å². The smallest absolute Gasteiger partial charge is 0.330 e. The van der Waals surface area contributed by atoms with Crippen LogP contribution in [0.1, 0.15) is 25.0 Å². The second-order valence-corrected chi connectivity index (χ2v) is 6.95. The molecule has 8 heteroatoms. The lowest BCUT2D eigenvalue weighted by atomic mass is 10.1. The van der Waals surface area contributed by atoms with Crippen molar-refractivity contribution in [3.05, 3.63) is 45.8 Å². The van der Waals surface area contributed by atoms with E-state index in [-0.39, 0.29) is 5.92 Å². The Bertz CT molecular complexity index is 842. The Morgan fingerprint density at radius 1 is 1.26 bits per heavy atom. The molecule has 0 N–H and O–H groups in total. The lowest BCUT2D eigenvalue weighted by Crippen LogP contribution is -2.13. The molecule has 0 unspecified atom stereocenters. The number of halogens is 4. The summed E-state index contributed by atoms with van der Waals surface area (Å²) in [7, 11) is 1.22. The van der Waals surface area contributed by atoms with E-state index in [0.29, 0.717) is 0 Å². The van der Waals surface area contributed by atoms with Crippen molar-refractivity contribution in [3.8, 4) is 12.3 Å². The fraction of sp³-hybridized carbons (Fsp3) is 0.368. The van der Waals surface area contributed by atoms with Crippen molar-refractivity contribution in [1.82, 2.24) is 0 Å². The molecule has 0 bridgehead atoms. The molecule has 0 heterocycles. The average molecular weight is 401 g/mol. The van der Waals surface area contributed by atoms with Crippen molar-refractivity contribution in [2.24, 2.45) is 17.3 Å². The second-order valence-electron chi connectivity index (χ2n) is 6.57. The quantitative estimate of drug-likeness (QED) is 0.327. The van der Waals surface area contributed by atoms with Crippen molar-refractivity contribution in [1.29, 1.82) is 0 Å². The van der Waals surface area contributed by atoms with Crippen LogP contribution in [-0.4, -0.2) is 19.0 Å². The Hall–Kier alpha value is -2.46. The zero-order valence-corrected chi connectivity index (χ0v) is 15.5. The van der Waals surface area contributed by atoms with Crippen molar-refractivity contribution >= 4 is 23.5 Å². The summed E-state index contributed by atoms with van der Waals surface area (Å²) in [4.78, 5) is 23.4. The first kappa shape index (κ1) is 20.8. The van der Waals surface area contributed by atoms with Gasteiger partial charge in [-0.25, -0.2) is 18.0 Å². The zero-order chi connectivity index (χ0) is 20.5. The molecule has 4 nitrogen and oxygen atoms in total. The highest BCUT2D eigenvalue weighted by molar-refractivity contribution is 6.31. The standard InChI is InChI=1S/C19H16ClF3O4/c1-5-9-15(21)14(20)10(17(23)16(9)22)8-27-18(25)13-11(19(13,2)3)6-7-12(24)26-4/h1,6-7,11,13H,8H2,2-4H3/b7-6-/t11-,13-/m0/s1. The predicted molar refractivity (Wildman–Crippen MR) is 91.0 cm³/mol. The molecular formula is C19H16ClF3O4. The van der Waals surface area contributed by atoms with Crippen LogP contribution >= 0.6 is 11.6 Å². The molecule has 1 fully saturated rings. The number of hydrogen-bond donors (Lipinski definition) is 0. The van der Waals surface area contributed by atoms with Crippen LogP contribution in [0.5, 0.6) is 0 Å². The fourth-order valence-electron chi connectivity index (χ4n) is 2.90. The number of allylic oxidation sites excluding steroid dienone is 1. The zero-order valence-electron chi connectivity index (χ0n) is 14.7. The van der Waals surface area contributed by atoms with E-state index in [4.69, 9.17) is 22.8 Å². The lowest BCUT2D eigenvalue weighted by molar-refractivity contribution is -0.147. The molecule has 1 aromatic rings. The summed E-state index contributed by atoms with van der Waals surface area (Å²) in [6.45, 7) is 2.79. The van der Waals surface area contributed by atoms with Gasteiger partial charge in [-0.2, -0.15) is 0 Å². The largest absolute Gasteiger partial charge is 0.466 e. The molecule has 2 rings (SSSR count). The highest BCUT2D eigenvalue weighted by Gasteiger charge is 2.61. The van der Waals surface area contributed by atoms with E-state index < -0.39 is 63.5 Å². The topological polar surface area (TPSA) is 52.6 Å². The third kappa shape index (κ3) is 3.81. The van der Waals surface area contributed by atoms with Gasteiger partial charge in [0, 0.05) is 11.6 Å². The minimum absolute atomic E-state index is 0.304. The summed E-state index contributed by atoms with van der Waals surface area (Å²) in [6, 6.07) is 0. The summed E-state index contributed by atoms with van der Waals surface area (Å²) in [5.74, 6) is -4.86. The summed E-state index contributed by atoms with van der Waals surface area (Å²) in [5, 5.41) is -0.744. The molecule has 144 valence electrons. The van der Waals surface area contributed by atoms with E-state index in [1.807, 2.05) is 0 Å². The maximum Gasteiger partial charge on any atom is 0.330 e. The summed E-state index contributed by atoms with van der Waals surface area (Å²) < 4.78 is 51.2. The Balaban J connectivity index is 2.14. The van der Waals surface area contributed by atoms with E-state index in [2.05, 4.69) is 4.74 Å². The first-order valence-corrected chi connectivity index (χ1v) is 8.19. The van der Waals surface area contributed by atoms with Gasteiger partial charge in [-0.05, 0) is 11.3 Å². The highest BCUT2D eigenvalue weighted by atomic mass is 35.5. The third-order valence-electron chi connectivity index (χ3n) is 4.66. The molecule has 0 spiro atoms. The number of rotatable bonds is 5. The van der Waals surface area contributed by atoms with Crippen LogP contribution in [0, 0.1) is 47.0 Å². The first-order chi connectivity index (χ1) is 12.6. The number of ether oxygens (including phenoxy) is 2. The van der Waals surface area contributed by atoms with Crippen LogP contribution in [0.4, 0.5) is 13.2 Å². The molecule has 0 aromatic heterocycles. The average Bonchev–Trinajstić information content (AvgIpc) is 3.18. The van der Waals surface area contributed by atoms with Crippen molar-refractivity contribution in [2.75, 3.05) is 7.11 Å². The monoisotopic (exact) mass is 400 g/mol. The number of methoxy groups -OCH3 is 1. The first-order valence-electron chi connectivity index (χ1n) is 7.82. The Morgan fingerprint density at radius 3 is 2.44 bits per heavy atom. The number of terminal acetylenes is 1. The van der Waals surface area contributed by atoms with Crippen LogP contribution in [0.25, 0.3) is 0 Å². The maximum atomic E-state index is 14.1. The molecule has 1 aliphatic carbocycles. The predicted octanol–water partition coefficient (Wildman–Crippen LogP) is 3.78. The molecule has 1 aromatic carbocycles. The van der Waals surface area contributed by atoms with E-state index in [0.717, 1.165) is 0 Å². The van der Waals surface area contributed by atoms with Gasteiger partial charge in [0.1, 0.15) is 12.2 Å². The van der Waals surface area contributed by atoms with E-state index in [9.17, 15) is 22.8 Å². The maximum absolute atomic E-state index is 14.1. The van der Waals surface area contributed by atoms with Gasteiger partial charge in [-0.1, -0.05) is 37.4 Å². The molecule has 0 saturated heterocycles. The third-order valence-corrected chi connectivity index (χ3v) is 5.06. The Kier molecular flexibility index (Phi) is 5.91. The molecule has 1 aliphatic rings. The molecule has 1 saturated carbocycles. The minimum Gasteiger partial charge on any atom is -0.466 e. The number of carbonyl (C=O) groups excluding carboxylic acids is 2. The Labute approximate surface area is 159 Å². The van der Waals surface area contributed by atoms with Gasteiger partial charge in [-0.15, -0.1) is 6.42 Å². The van der Waals surface area contributed by atoms with Crippen molar-refractivity contribution in [2.45, 2.75) is 20.5 Å². The van der Waals surface area contributed by atoms with E-state index in [1.165, 1.54) is 19.3 Å². The lowest BCUT2D eigenvalue weighted by Gasteiger charge is -2.11. The molecule has 2 atom stereocenters. The van der Waals surface area contributed by atoms with Gasteiger partial charge in [0.15, 0.2) is 17.5 Å². The molecule has 0 aliphatic heterocycles. The van der Waals surface area contributed by atoms with Gasteiger partial charge in [0.25, 0.3) is 0 Å². The van der Waals surface area contributed by atoms with Crippen LogP contribution in [0.3, 0.4) is 0 Å². The van der Waals surface area contributed by atoms with E-state index in [1.54, 1.807) is 19.8 Å². The summed E-state index contributed by atoms with van der Waals surface area (Å²) >= 11 is 5.69. The van der Waals surface area contributed by atoms with Gasteiger partial charge < -0.3 is 9.47 Å². The van der Waals surface area contributed by atoms with Gasteiger partial charge in [-0.3, -0.25) is 4.79 Å². The molecular weight excluding hydrogens is 385 g/mol. The van der Waals surface area contributed by atoms with Crippen LogP contribution < -0.4 is 0 Å². The van der Waals surface area contributed by atoms with Crippen LogP contribution in [0.15, 0.2) is 12.2 Å². The van der Waals surface area contributed by atoms with Crippen molar-refractivity contribution in [3.63, 3.8) is 0 Å². The second kappa shape index (κ2) is 7.65. The SMILES string of the molecule is C#Cc1c(F)c(F)c(COC(=O)[C@@H]2[C@H](/C=C\C(=O)OC)C2(C)C)c(Cl)c1F. The van der Waals surface area contributed by atoms with Crippen LogP contribution in [-0.2, 0) is 25.7 Å². The van der Waals surface area contributed by atoms with E-state index >= 15 is 0 Å². The molecule has 0 radical (unpaired) electrons. The number of hydrogen-bond acceptors (Lipinski definition) is 4. The fourth-order valence-corrected chi connectivity index (χ4v) is 3.13. The number of carbonyl (C=O) groups is 2. The number of esters is 2. The van der Waals surface area contributed by atoms with Gasteiger partial charge >= 0.3 is 11.9 Å². The summed E-state index contributed by atoms with van der Waals surface area (Å²) in [5.41, 5.74) is -2.07. The normalized spacial score (nSPS) is 20.2. The molecule has 27 heavy (non-hydrogen) atoms. The van der Waals surface area contributed by atoms with Gasteiger partial charge in [0.2, 0.25) is 0 Å². The van der Waals surface area contributed by atoms with Crippen molar-refractivity contribution < 1.29 is 32.2 Å². The molecule has 0 amide bonds. The number of benzene rings is 1. The highest BCUT2D eigenvalue weighted by Crippen LogP contribution is 2.59.